The molecule has 1 saturated heterocycles. The number of likely N-dealkylation sites (N-methyl/N-ethyl adjacent to an activating group) is 1. The number of fused-ring (bicyclic) bond motifs is 2. The molecular weight excluding hydrogens is 438 g/mol. The number of likely N-dealkylation sites (tertiary alicyclic amines) is 1. The Kier molecular flexibility index (Phi) is 6.06. The predicted molar refractivity (Wildman–Crippen MR) is 125 cm³/mol. The fourth-order valence-corrected chi connectivity index (χ4v) is 5.93. The Morgan fingerprint density at radius 3 is 2.53 bits per heavy atom. The molecule has 1 aliphatic carbocycles. The molecule has 1 fully saturated rings. The molecular formula is C25H30F2N6O. The molecule has 2 aliphatic heterocycles. The fourth-order valence-electron chi connectivity index (χ4n) is 5.93. The van der Waals surface area contributed by atoms with Crippen molar-refractivity contribution in [2.24, 2.45) is 22.6 Å². The summed E-state index contributed by atoms with van der Waals surface area (Å²) < 4.78 is 25.6. The van der Waals surface area contributed by atoms with E-state index in [-0.39, 0.29) is 24.3 Å². The van der Waals surface area contributed by atoms with Gasteiger partial charge in [0.15, 0.2) is 11.5 Å². The maximum absolute atomic E-state index is 13.7. The first-order valence-electron chi connectivity index (χ1n) is 11.9. The third kappa shape index (κ3) is 3.96. The molecule has 1 aromatic carbocycles. The standard InChI is InChI=1S/C25H30F2N6O/c1-32-23(34)25(31-24(32)28)20(10-16-6-8-33(9-7-16)14-22(26)27)5-4-17-2-3-18(11-21(17)25)19-12-29-15-30-13-19/h2-3,11-13,15-16,20,22H,4-10,14H2,1H3,(H2,28,31). The largest absolute Gasteiger partial charge is 0.369 e. The number of nitrogens with zero attached hydrogens (tertiary/aromatic N) is 5. The van der Waals surface area contributed by atoms with Crippen molar-refractivity contribution in [3.8, 4) is 11.1 Å². The van der Waals surface area contributed by atoms with Crippen molar-refractivity contribution in [3.63, 3.8) is 0 Å². The molecule has 3 heterocycles. The average Bonchev–Trinajstić information content (AvgIpc) is 3.07. The van der Waals surface area contributed by atoms with E-state index >= 15 is 0 Å². The lowest BCUT2D eigenvalue weighted by Crippen LogP contribution is -2.48. The molecule has 2 unspecified atom stereocenters. The number of amides is 1. The Balaban J connectivity index is 1.47. The summed E-state index contributed by atoms with van der Waals surface area (Å²) >= 11 is 0. The number of nitrogens with two attached hydrogens (primary N) is 1. The number of hydrogen-bond acceptors (Lipinski definition) is 6. The van der Waals surface area contributed by atoms with Crippen molar-refractivity contribution in [1.29, 1.82) is 0 Å². The van der Waals surface area contributed by atoms with Crippen molar-refractivity contribution in [3.05, 3.63) is 48.0 Å². The second kappa shape index (κ2) is 9.02. The lowest BCUT2D eigenvalue weighted by molar-refractivity contribution is -0.133. The van der Waals surface area contributed by atoms with Crippen molar-refractivity contribution < 1.29 is 13.6 Å². The molecule has 2 aromatic rings. The highest BCUT2D eigenvalue weighted by atomic mass is 19.3. The molecule has 0 radical (unpaired) electrons. The van der Waals surface area contributed by atoms with Crippen LogP contribution in [0.2, 0.25) is 0 Å². The quantitative estimate of drug-likeness (QED) is 0.729. The van der Waals surface area contributed by atoms with Gasteiger partial charge in [0.1, 0.15) is 6.33 Å². The van der Waals surface area contributed by atoms with Gasteiger partial charge in [-0.25, -0.2) is 23.7 Å². The first-order chi connectivity index (χ1) is 16.4. The Morgan fingerprint density at radius 1 is 1.15 bits per heavy atom. The molecule has 34 heavy (non-hydrogen) atoms. The highest BCUT2D eigenvalue weighted by molar-refractivity contribution is 6.07. The van der Waals surface area contributed by atoms with Crippen LogP contribution in [0.1, 0.15) is 36.8 Å². The summed E-state index contributed by atoms with van der Waals surface area (Å²) in [5.41, 5.74) is 9.00. The minimum absolute atomic E-state index is 0.00456. The number of carbonyl (C=O) groups is 1. The highest BCUT2D eigenvalue weighted by Gasteiger charge is 2.56. The summed E-state index contributed by atoms with van der Waals surface area (Å²) in [4.78, 5) is 30.2. The van der Waals surface area contributed by atoms with Crippen LogP contribution >= 0.6 is 0 Å². The van der Waals surface area contributed by atoms with Gasteiger partial charge in [-0.2, -0.15) is 0 Å². The molecule has 9 heteroatoms. The lowest BCUT2D eigenvalue weighted by Gasteiger charge is -2.42. The number of aromatic nitrogens is 2. The van der Waals surface area contributed by atoms with E-state index in [1.54, 1.807) is 19.4 Å². The van der Waals surface area contributed by atoms with E-state index in [0.29, 0.717) is 19.0 Å². The summed E-state index contributed by atoms with van der Waals surface area (Å²) in [5.74, 6) is 0.527. The minimum atomic E-state index is -2.30. The first kappa shape index (κ1) is 22.8. The molecule has 2 atom stereocenters. The summed E-state index contributed by atoms with van der Waals surface area (Å²) in [5, 5.41) is 0. The van der Waals surface area contributed by atoms with E-state index in [4.69, 9.17) is 10.7 Å². The smallest absolute Gasteiger partial charge is 0.261 e. The summed E-state index contributed by atoms with van der Waals surface area (Å²) in [6, 6.07) is 6.18. The Hall–Kier alpha value is -2.94. The molecule has 1 amide bonds. The SMILES string of the molecule is CN1C(=O)C2(N=C1N)c1cc(-c3cncnc3)ccc1CCC2CC1CCN(CC(F)F)CC1. The Morgan fingerprint density at radius 2 is 1.88 bits per heavy atom. The molecule has 1 aromatic heterocycles. The summed E-state index contributed by atoms with van der Waals surface area (Å²) in [6.07, 6.45) is 6.96. The Bertz CT molecular complexity index is 1090. The number of alkyl halides is 2. The zero-order chi connectivity index (χ0) is 23.9. The van der Waals surface area contributed by atoms with Gasteiger partial charge in [-0.05, 0) is 79.8 Å². The van der Waals surface area contributed by atoms with Crippen LogP contribution < -0.4 is 5.73 Å². The molecule has 1 spiro atoms. The second-order valence-electron chi connectivity index (χ2n) is 9.71. The van der Waals surface area contributed by atoms with Gasteiger partial charge in [0.2, 0.25) is 0 Å². The topological polar surface area (TPSA) is 87.7 Å². The van der Waals surface area contributed by atoms with E-state index in [1.807, 2.05) is 11.0 Å². The first-order valence-corrected chi connectivity index (χ1v) is 11.9. The number of hydrogen-bond donors (Lipinski definition) is 1. The number of aliphatic imine (C=N–C) groups is 1. The molecule has 5 rings (SSSR count). The van der Waals surface area contributed by atoms with Crippen LogP contribution in [-0.4, -0.2) is 64.7 Å². The average molecular weight is 469 g/mol. The number of carbonyl (C=O) groups excluding carboxylic acids is 1. The van der Waals surface area contributed by atoms with E-state index < -0.39 is 12.0 Å². The molecule has 7 nitrogen and oxygen atoms in total. The number of piperidine rings is 1. The van der Waals surface area contributed by atoms with Gasteiger partial charge in [-0.3, -0.25) is 14.6 Å². The number of rotatable bonds is 5. The molecule has 3 aliphatic rings. The predicted octanol–water partition coefficient (Wildman–Crippen LogP) is 3.06. The number of halogens is 2. The number of benzene rings is 1. The normalized spacial score (nSPS) is 25.8. The van der Waals surface area contributed by atoms with Gasteiger partial charge < -0.3 is 5.73 Å². The summed E-state index contributed by atoms with van der Waals surface area (Å²) in [7, 11) is 1.68. The van der Waals surface area contributed by atoms with Crippen LogP contribution in [0.3, 0.4) is 0 Å². The Labute approximate surface area is 198 Å². The van der Waals surface area contributed by atoms with E-state index in [9.17, 15) is 13.6 Å². The van der Waals surface area contributed by atoms with Gasteiger partial charge in [0.25, 0.3) is 12.3 Å². The zero-order valence-electron chi connectivity index (χ0n) is 19.3. The van der Waals surface area contributed by atoms with E-state index in [2.05, 4.69) is 22.1 Å². The monoisotopic (exact) mass is 468 g/mol. The van der Waals surface area contributed by atoms with Crippen LogP contribution in [0.15, 0.2) is 41.9 Å². The second-order valence-corrected chi connectivity index (χ2v) is 9.71. The van der Waals surface area contributed by atoms with Gasteiger partial charge in [-0.1, -0.05) is 12.1 Å². The van der Waals surface area contributed by atoms with Crippen molar-refractivity contribution >= 4 is 11.9 Å². The molecule has 180 valence electrons. The summed E-state index contributed by atoms with van der Waals surface area (Å²) in [6.45, 7) is 1.18. The maximum atomic E-state index is 13.7. The van der Waals surface area contributed by atoms with E-state index in [1.165, 1.54) is 11.2 Å². The van der Waals surface area contributed by atoms with Crippen LogP contribution in [-0.2, 0) is 16.8 Å². The third-order valence-electron chi connectivity index (χ3n) is 7.75. The number of aryl methyl sites for hydroxylation is 1. The molecule has 0 saturated carbocycles. The van der Waals surface area contributed by atoms with E-state index in [0.717, 1.165) is 54.4 Å². The molecule has 2 N–H and O–H groups in total. The van der Waals surface area contributed by atoms with Crippen molar-refractivity contribution in [2.45, 2.75) is 44.1 Å². The van der Waals surface area contributed by atoms with Crippen molar-refractivity contribution in [2.75, 3.05) is 26.7 Å². The highest BCUT2D eigenvalue weighted by Crippen LogP contribution is 2.50. The zero-order valence-corrected chi connectivity index (χ0v) is 19.3. The fraction of sp³-hybridized carbons (Fsp3) is 0.520. The van der Waals surface area contributed by atoms with Crippen LogP contribution in [0.4, 0.5) is 8.78 Å². The maximum Gasteiger partial charge on any atom is 0.261 e. The van der Waals surface area contributed by atoms with Crippen LogP contribution in [0.25, 0.3) is 11.1 Å². The van der Waals surface area contributed by atoms with Crippen LogP contribution in [0, 0.1) is 11.8 Å². The minimum Gasteiger partial charge on any atom is -0.369 e. The van der Waals surface area contributed by atoms with Gasteiger partial charge in [0.05, 0.1) is 6.54 Å². The van der Waals surface area contributed by atoms with Crippen LogP contribution in [0.5, 0.6) is 0 Å². The molecule has 0 bridgehead atoms. The lowest BCUT2D eigenvalue weighted by atomic mass is 9.65. The van der Waals surface area contributed by atoms with Crippen molar-refractivity contribution in [1.82, 2.24) is 19.8 Å². The van der Waals surface area contributed by atoms with Gasteiger partial charge in [0, 0.05) is 25.0 Å². The van der Waals surface area contributed by atoms with Gasteiger partial charge >= 0.3 is 0 Å². The van der Waals surface area contributed by atoms with Gasteiger partial charge in [-0.15, -0.1) is 0 Å². The number of guanidine groups is 1. The third-order valence-corrected chi connectivity index (χ3v) is 7.75.